The van der Waals surface area contributed by atoms with Crippen molar-refractivity contribution in [3.05, 3.63) is 48.8 Å². The smallest absolute Gasteiger partial charge is 0.320 e. The molecule has 25 heavy (non-hydrogen) atoms. The molecule has 0 atom stereocenters. The molecule has 3 N–H and O–H groups in total. The summed E-state index contributed by atoms with van der Waals surface area (Å²) < 4.78 is 5.21. The third-order valence-electron chi connectivity index (χ3n) is 3.57. The second-order valence-corrected chi connectivity index (χ2v) is 5.29. The minimum atomic E-state index is -0.274. The van der Waals surface area contributed by atoms with Crippen LogP contribution in [0.15, 0.2) is 48.8 Å². The number of aromatic nitrogens is 2. The summed E-state index contributed by atoms with van der Waals surface area (Å²) in [5.74, 6) is 1.90. The molecule has 0 saturated carbocycles. The zero-order valence-electron chi connectivity index (χ0n) is 14.0. The molecule has 3 rings (SSSR count). The summed E-state index contributed by atoms with van der Waals surface area (Å²) in [5.41, 5.74) is 0.871. The third kappa shape index (κ3) is 3.95. The maximum absolute atomic E-state index is 11.6. The SMILES string of the molecule is CCNC(=O)Nc1cc2cccc(Nc3cc(OC)ccn3)c2cn1. The summed E-state index contributed by atoms with van der Waals surface area (Å²) >= 11 is 0. The molecule has 2 amide bonds. The molecule has 1 aromatic carbocycles. The van der Waals surface area contributed by atoms with E-state index in [0.29, 0.717) is 18.2 Å². The van der Waals surface area contributed by atoms with Crippen molar-refractivity contribution in [2.45, 2.75) is 6.92 Å². The Hall–Kier alpha value is -3.35. The summed E-state index contributed by atoms with van der Waals surface area (Å²) in [6.45, 7) is 2.42. The number of benzene rings is 1. The van der Waals surface area contributed by atoms with Crippen molar-refractivity contribution in [3.8, 4) is 5.75 Å². The Labute approximate surface area is 145 Å². The zero-order valence-corrected chi connectivity index (χ0v) is 14.0. The number of pyridine rings is 2. The molecule has 2 aromatic heterocycles. The van der Waals surface area contributed by atoms with Crippen LogP contribution >= 0.6 is 0 Å². The van der Waals surface area contributed by atoms with Crippen molar-refractivity contribution >= 4 is 34.1 Å². The predicted molar refractivity (Wildman–Crippen MR) is 98.5 cm³/mol. The lowest BCUT2D eigenvalue weighted by Crippen LogP contribution is -2.28. The van der Waals surface area contributed by atoms with E-state index in [1.54, 1.807) is 25.6 Å². The molecule has 0 aliphatic carbocycles. The number of nitrogens with one attached hydrogen (secondary N) is 3. The summed E-state index contributed by atoms with van der Waals surface area (Å²) in [6.07, 6.45) is 3.40. The molecule has 7 heteroatoms. The van der Waals surface area contributed by atoms with Crippen LogP contribution in [-0.4, -0.2) is 29.7 Å². The number of amides is 2. The molecule has 7 nitrogen and oxygen atoms in total. The van der Waals surface area contributed by atoms with Gasteiger partial charge in [0.1, 0.15) is 17.4 Å². The number of rotatable bonds is 5. The fraction of sp³-hybridized carbons (Fsp3) is 0.167. The van der Waals surface area contributed by atoms with Crippen molar-refractivity contribution in [2.75, 3.05) is 24.3 Å². The lowest BCUT2D eigenvalue weighted by Gasteiger charge is -2.11. The fourth-order valence-electron chi connectivity index (χ4n) is 2.41. The van der Waals surface area contributed by atoms with Gasteiger partial charge in [0, 0.05) is 36.1 Å². The molecule has 2 heterocycles. The second-order valence-electron chi connectivity index (χ2n) is 5.29. The highest BCUT2D eigenvalue weighted by Gasteiger charge is 2.07. The molecule has 0 fully saturated rings. The summed E-state index contributed by atoms with van der Waals surface area (Å²) in [6, 6.07) is 11.0. The Morgan fingerprint density at radius 3 is 2.84 bits per heavy atom. The highest BCUT2D eigenvalue weighted by atomic mass is 16.5. The maximum atomic E-state index is 11.6. The maximum Gasteiger partial charge on any atom is 0.320 e. The van der Waals surface area contributed by atoms with Crippen LogP contribution in [0.3, 0.4) is 0 Å². The minimum Gasteiger partial charge on any atom is -0.497 e. The van der Waals surface area contributed by atoms with E-state index in [1.165, 1.54) is 0 Å². The quantitative estimate of drug-likeness (QED) is 0.663. The first-order chi connectivity index (χ1) is 12.2. The third-order valence-corrected chi connectivity index (χ3v) is 3.57. The van der Waals surface area contributed by atoms with Crippen LogP contribution in [-0.2, 0) is 0 Å². The van der Waals surface area contributed by atoms with Gasteiger partial charge in [-0.05, 0) is 30.5 Å². The van der Waals surface area contributed by atoms with Crippen molar-refractivity contribution in [1.82, 2.24) is 15.3 Å². The number of anilines is 3. The predicted octanol–water partition coefficient (Wildman–Crippen LogP) is 3.52. The molecule has 0 radical (unpaired) electrons. The first kappa shape index (κ1) is 16.5. The number of hydrogen-bond acceptors (Lipinski definition) is 5. The standard InChI is InChI=1S/C18H19N5O2/c1-3-19-18(24)23-16-9-12-5-4-6-15(14(12)11-21-16)22-17-10-13(25-2)7-8-20-17/h4-11H,3H2,1-2H3,(H,20,22)(H2,19,21,23,24). The van der Waals surface area contributed by atoms with Gasteiger partial charge in [-0.1, -0.05) is 12.1 Å². The molecular formula is C18H19N5O2. The van der Waals surface area contributed by atoms with Gasteiger partial charge in [-0.2, -0.15) is 0 Å². The summed E-state index contributed by atoms with van der Waals surface area (Å²) in [7, 11) is 1.62. The normalized spacial score (nSPS) is 10.3. The van der Waals surface area contributed by atoms with E-state index < -0.39 is 0 Å². The number of ether oxygens (including phenoxy) is 1. The van der Waals surface area contributed by atoms with Crippen LogP contribution in [0, 0.1) is 0 Å². The number of fused-ring (bicyclic) bond motifs is 1. The van der Waals surface area contributed by atoms with Gasteiger partial charge in [0.2, 0.25) is 0 Å². The average Bonchev–Trinajstić information content (AvgIpc) is 2.62. The Morgan fingerprint density at radius 1 is 1.16 bits per heavy atom. The van der Waals surface area contributed by atoms with Crippen molar-refractivity contribution in [2.24, 2.45) is 0 Å². The molecule has 0 aliphatic heterocycles. The molecule has 0 saturated heterocycles. The van der Waals surface area contributed by atoms with E-state index in [-0.39, 0.29) is 6.03 Å². The number of carbonyl (C=O) groups excluding carboxylic acids is 1. The van der Waals surface area contributed by atoms with Crippen LogP contribution < -0.4 is 20.7 Å². The Bertz CT molecular complexity index is 898. The average molecular weight is 337 g/mol. The van der Waals surface area contributed by atoms with Crippen molar-refractivity contribution in [1.29, 1.82) is 0 Å². The van der Waals surface area contributed by atoms with Gasteiger partial charge in [0.15, 0.2) is 0 Å². The number of nitrogens with zero attached hydrogens (tertiary/aromatic N) is 2. The topological polar surface area (TPSA) is 88.2 Å². The highest BCUT2D eigenvalue weighted by Crippen LogP contribution is 2.27. The zero-order chi connectivity index (χ0) is 17.6. The first-order valence-corrected chi connectivity index (χ1v) is 7.90. The van der Waals surface area contributed by atoms with Gasteiger partial charge < -0.3 is 15.4 Å². The monoisotopic (exact) mass is 337 g/mol. The highest BCUT2D eigenvalue weighted by molar-refractivity contribution is 5.97. The van der Waals surface area contributed by atoms with Gasteiger partial charge in [-0.25, -0.2) is 14.8 Å². The lowest BCUT2D eigenvalue weighted by atomic mass is 10.1. The van der Waals surface area contributed by atoms with Crippen LogP contribution in [0.1, 0.15) is 6.92 Å². The largest absolute Gasteiger partial charge is 0.497 e. The van der Waals surface area contributed by atoms with E-state index >= 15 is 0 Å². The molecule has 0 unspecified atom stereocenters. The van der Waals surface area contributed by atoms with E-state index in [1.807, 2.05) is 37.3 Å². The van der Waals surface area contributed by atoms with E-state index in [9.17, 15) is 4.79 Å². The molecule has 3 aromatic rings. The second kappa shape index (κ2) is 7.48. The van der Waals surface area contributed by atoms with Crippen LogP contribution in [0.2, 0.25) is 0 Å². The number of carbonyl (C=O) groups is 1. The van der Waals surface area contributed by atoms with Gasteiger partial charge >= 0.3 is 6.03 Å². The first-order valence-electron chi connectivity index (χ1n) is 7.90. The number of hydrogen-bond donors (Lipinski definition) is 3. The van der Waals surface area contributed by atoms with E-state index in [4.69, 9.17) is 4.74 Å². The van der Waals surface area contributed by atoms with Gasteiger partial charge in [-0.15, -0.1) is 0 Å². The Balaban J connectivity index is 1.88. The van der Waals surface area contributed by atoms with Crippen LogP contribution in [0.25, 0.3) is 10.8 Å². The minimum absolute atomic E-state index is 0.274. The van der Waals surface area contributed by atoms with Crippen molar-refractivity contribution in [3.63, 3.8) is 0 Å². The molecule has 0 aliphatic rings. The lowest BCUT2D eigenvalue weighted by molar-refractivity contribution is 0.252. The van der Waals surface area contributed by atoms with Gasteiger partial charge in [-0.3, -0.25) is 5.32 Å². The van der Waals surface area contributed by atoms with Crippen LogP contribution in [0.4, 0.5) is 22.1 Å². The van der Waals surface area contributed by atoms with Crippen molar-refractivity contribution < 1.29 is 9.53 Å². The van der Waals surface area contributed by atoms with Gasteiger partial charge in [0.25, 0.3) is 0 Å². The Morgan fingerprint density at radius 2 is 2.04 bits per heavy atom. The summed E-state index contributed by atoms with van der Waals surface area (Å²) in [5, 5.41) is 10.5. The fourth-order valence-corrected chi connectivity index (χ4v) is 2.41. The summed E-state index contributed by atoms with van der Waals surface area (Å²) in [4.78, 5) is 20.2. The van der Waals surface area contributed by atoms with E-state index in [0.717, 1.165) is 22.2 Å². The van der Waals surface area contributed by atoms with E-state index in [2.05, 4.69) is 25.9 Å². The van der Waals surface area contributed by atoms with Gasteiger partial charge in [0.05, 0.1) is 7.11 Å². The van der Waals surface area contributed by atoms with Crippen LogP contribution in [0.5, 0.6) is 5.75 Å². The number of methoxy groups -OCH3 is 1. The molecule has 0 bridgehead atoms. The molecular weight excluding hydrogens is 318 g/mol. The molecule has 0 spiro atoms. The number of urea groups is 1. The Kier molecular flexibility index (Phi) is 4.94. The molecule has 128 valence electrons.